The van der Waals surface area contributed by atoms with Crippen LogP contribution in [0, 0.1) is 5.82 Å². The fourth-order valence-electron chi connectivity index (χ4n) is 2.31. The third-order valence-corrected chi connectivity index (χ3v) is 3.77. The normalized spacial score (nSPS) is 12.7. The van der Waals surface area contributed by atoms with E-state index in [2.05, 4.69) is 10.3 Å². The molecule has 2 aromatic heterocycles. The SMILES string of the molecule is OC(CNCc1c(Cl)nc2ccccn12)c1ccc(F)cc1. The van der Waals surface area contributed by atoms with Crippen LogP contribution in [0.1, 0.15) is 17.4 Å². The van der Waals surface area contributed by atoms with Crippen molar-refractivity contribution in [2.45, 2.75) is 12.6 Å². The lowest BCUT2D eigenvalue weighted by Crippen LogP contribution is -2.22. The topological polar surface area (TPSA) is 49.6 Å². The van der Waals surface area contributed by atoms with Crippen LogP contribution in [0.25, 0.3) is 5.65 Å². The molecule has 6 heteroatoms. The number of halogens is 2. The van der Waals surface area contributed by atoms with Crippen molar-refractivity contribution in [2.24, 2.45) is 0 Å². The molecule has 0 saturated heterocycles. The summed E-state index contributed by atoms with van der Waals surface area (Å²) in [5.41, 5.74) is 2.28. The number of benzene rings is 1. The maximum absolute atomic E-state index is 12.9. The summed E-state index contributed by atoms with van der Waals surface area (Å²) in [6, 6.07) is 11.5. The maximum Gasteiger partial charge on any atom is 0.152 e. The van der Waals surface area contributed by atoms with Crippen molar-refractivity contribution in [2.75, 3.05) is 6.54 Å². The van der Waals surface area contributed by atoms with Crippen LogP contribution >= 0.6 is 11.6 Å². The zero-order valence-electron chi connectivity index (χ0n) is 11.7. The number of hydrogen-bond acceptors (Lipinski definition) is 3. The number of aliphatic hydroxyl groups excluding tert-OH is 1. The number of imidazole rings is 1. The minimum Gasteiger partial charge on any atom is -0.387 e. The molecule has 0 aliphatic rings. The van der Waals surface area contributed by atoms with Crippen LogP contribution in [0.15, 0.2) is 48.7 Å². The Bertz CT molecular complexity index is 773. The summed E-state index contributed by atoms with van der Waals surface area (Å²) in [6.45, 7) is 0.810. The molecular formula is C16H15ClFN3O. The van der Waals surface area contributed by atoms with Crippen molar-refractivity contribution in [1.29, 1.82) is 0 Å². The molecular weight excluding hydrogens is 305 g/mol. The summed E-state index contributed by atoms with van der Waals surface area (Å²) in [7, 11) is 0. The van der Waals surface area contributed by atoms with E-state index in [1.807, 2.05) is 28.8 Å². The smallest absolute Gasteiger partial charge is 0.152 e. The molecule has 1 aromatic carbocycles. The van der Waals surface area contributed by atoms with E-state index in [1.54, 1.807) is 12.1 Å². The molecule has 2 N–H and O–H groups in total. The van der Waals surface area contributed by atoms with Crippen LogP contribution in [0.3, 0.4) is 0 Å². The number of rotatable bonds is 5. The van der Waals surface area contributed by atoms with Crippen molar-refractivity contribution >= 4 is 17.2 Å². The van der Waals surface area contributed by atoms with Crippen molar-refractivity contribution < 1.29 is 9.50 Å². The predicted octanol–water partition coefficient (Wildman–Crippen LogP) is 2.95. The molecule has 0 aliphatic heterocycles. The number of nitrogens with zero attached hydrogens (tertiary/aromatic N) is 2. The Hall–Kier alpha value is -1.95. The molecule has 1 unspecified atom stereocenters. The number of aromatic nitrogens is 2. The summed E-state index contributed by atoms with van der Waals surface area (Å²) in [6.07, 6.45) is 1.18. The van der Waals surface area contributed by atoms with Crippen molar-refractivity contribution in [3.63, 3.8) is 0 Å². The highest BCUT2D eigenvalue weighted by Gasteiger charge is 2.11. The van der Waals surface area contributed by atoms with E-state index < -0.39 is 6.10 Å². The first kappa shape index (κ1) is 15.0. The second-order valence-corrected chi connectivity index (χ2v) is 5.33. The molecule has 1 atom stereocenters. The Balaban J connectivity index is 1.65. The second kappa shape index (κ2) is 6.44. The summed E-state index contributed by atoms with van der Waals surface area (Å²) in [4.78, 5) is 4.26. The summed E-state index contributed by atoms with van der Waals surface area (Å²) in [5.74, 6) is -0.318. The molecule has 114 valence electrons. The molecule has 0 radical (unpaired) electrons. The Morgan fingerprint density at radius 2 is 2.00 bits per heavy atom. The molecule has 0 aliphatic carbocycles. The second-order valence-electron chi connectivity index (χ2n) is 4.98. The Labute approximate surface area is 132 Å². The van der Waals surface area contributed by atoms with Crippen LogP contribution in [0.5, 0.6) is 0 Å². The minimum absolute atomic E-state index is 0.318. The molecule has 0 amide bonds. The van der Waals surface area contributed by atoms with Gasteiger partial charge in [-0.05, 0) is 29.8 Å². The average Bonchev–Trinajstić information content (AvgIpc) is 2.84. The first-order valence-electron chi connectivity index (χ1n) is 6.91. The van der Waals surface area contributed by atoms with Crippen molar-refractivity contribution in [3.05, 3.63) is 70.9 Å². The monoisotopic (exact) mass is 319 g/mol. The Kier molecular flexibility index (Phi) is 4.38. The lowest BCUT2D eigenvalue weighted by molar-refractivity contribution is 0.174. The quantitative estimate of drug-likeness (QED) is 0.760. The zero-order chi connectivity index (χ0) is 15.5. The fraction of sp³-hybridized carbons (Fsp3) is 0.188. The number of hydrogen-bond donors (Lipinski definition) is 2. The molecule has 2 heterocycles. The van der Waals surface area contributed by atoms with E-state index in [0.717, 1.165) is 11.3 Å². The molecule has 0 bridgehead atoms. The van der Waals surface area contributed by atoms with Gasteiger partial charge in [-0.2, -0.15) is 0 Å². The van der Waals surface area contributed by atoms with Crippen molar-refractivity contribution in [3.8, 4) is 0 Å². The summed E-state index contributed by atoms with van der Waals surface area (Å²) < 4.78 is 14.8. The predicted molar refractivity (Wildman–Crippen MR) is 83.3 cm³/mol. The highest BCUT2D eigenvalue weighted by Crippen LogP contribution is 2.18. The van der Waals surface area contributed by atoms with Gasteiger partial charge < -0.3 is 14.8 Å². The zero-order valence-corrected chi connectivity index (χ0v) is 12.5. The molecule has 22 heavy (non-hydrogen) atoms. The van der Waals surface area contributed by atoms with Gasteiger partial charge in [-0.3, -0.25) is 0 Å². The van der Waals surface area contributed by atoms with Gasteiger partial charge in [0, 0.05) is 19.3 Å². The number of nitrogens with one attached hydrogen (secondary N) is 1. The van der Waals surface area contributed by atoms with Gasteiger partial charge in [0.25, 0.3) is 0 Å². The number of aliphatic hydroxyl groups is 1. The third-order valence-electron chi connectivity index (χ3n) is 3.46. The highest BCUT2D eigenvalue weighted by molar-refractivity contribution is 6.30. The molecule has 0 saturated carbocycles. The van der Waals surface area contributed by atoms with Gasteiger partial charge in [0.15, 0.2) is 5.15 Å². The summed E-state index contributed by atoms with van der Waals surface area (Å²) in [5, 5.41) is 13.7. The van der Waals surface area contributed by atoms with E-state index in [0.29, 0.717) is 23.8 Å². The van der Waals surface area contributed by atoms with Gasteiger partial charge in [0.1, 0.15) is 11.5 Å². The minimum atomic E-state index is -0.710. The number of fused-ring (bicyclic) bond motifs is 1. The average molecular weight is 320 g/mol. The van der Waals surface area contributed by atoms with Crippen LogP contribution < -0.4 is 5.32 Å². The molecule has 3 rings (SSSR count). The fourth-order valence-corrected chi connectivity index (χ4v) is 2.55. The number of pyridine rings is 1. The third kappa shape index (κ3) is 3.11. The largest absolute Gasteiger partial charge is 0.387 e. The van der Waals surface area contributed by atoms with Crippen LogP contribution in [-0.2, 0) is 6.54 Å². The van der Waals surface area contributed by atoms with Crippen LogP contribution in [0.4, 0.5) is 4.39 Å². The lowest BCUT2D eigenvalue weighted by atomic mass is 10.1. The molecule has 3 aromatic rings. The van der Waals surface area contributed by atoms with Gasteiger partial charge >= 0.3 is 0 Å². The first-order chi connectivity index (χ1) is 10.6. The van der Waals surface area contributed by atoms with Crippen LogP contribution in [0.2, 0.25) is 5.15 Å². The van der Waals surface area contributed by atoms with Gasteiger partial charge in [-0.25, -0.2) is 9.37 Å². The summed E-state index contributed by atoms with van der Waals surface area (Å²) >= 11 is 6.14. The van der Waals surface area contributed by atoms with Crippen LogP contribution in [-0.4, -0.2) is 21.0 Å². The van der Waals surface area contributed by atoms with Gasteiger partial charge in [-0.15, -0.1) is 0 Å². The Morgan fingerprint density at radius 1 is 1.23 bits per heavy atom. The van der Waals surface area contributed by atoms with Gasteiger partial charge in [-0.1, -0.05) is 29.8 Å². The molecule has 0 fully saturated rings. The standard InChI is InChI=1S/C16H15ClFN3O/c17-16-13(21-8-2-1-3-15(21)20-16)9-19-10-14(22)11-4-6-12(18)7-5-11/h1-8,14,19,22H,9-10H2. The lowest BCUT2D eigenvalue weighted by Gasteiger charge is -2.12. The molecule has 0 spiro atoms. The van der Waals surface area contributed by atoms with E-state index in [1.165, 1.54) is 12.1 Å². The molecule has 4 nitrogen and oxygen atoms in total. The highest BCUT2D eigenvalue weighted by atomic mass is 35.5. The van der Waals surface area contributed by atoms with E-state index in [9.17, 15) is 9.50 Å². The van der Waals surface area contributed by atoms with E-state index in [-0.39, 0.29) is 5.82 Å². The Morgan fingerprint density at radius 3 is 2.77 bits per heavy atom. The van der Waals surface area contributed by atoms with Gasteiger partial charge in [0.2, 0.25) is 0 Å². The van der Waals surface area contributed by atoms with Crippen molar-refractivity contribution in [1.82, 2.24) is 14.7 Å². The van der Waals surface area contributed by atoms with Gasteiger partial charge in [0.05, 0.1) is 11.8 Å². The van der Waals surface area contributed by atoms with E-state index in [4.69, 9.17) is 11.6 Å². The first-order valence-corrected chi connectivity index (χ1v) is 7.28. The van der Waals surface area contributed by atoms with E-state index >= 15 is 0 Å². The maximum atomic E-state index is 12.9.